The number of aryl methyl sites for hydroxylation is 1. The van der Waals surface area contributed by atoms with Gasteiger partial charge in [0.15, 0.2) is 0 Å². The van der Waals surface area contributed by atoms with Crippen LogP contribution < -0.4 is 10.1 Å². The Morgan fingerprint density at radius 2 is 2.00 bits per heavy atom. The lowest BCUT2D eigenvalue weighted by atomic mass is 10.0. The van der Waals surface area contributed by atoms with Gasteiger partial charge in [-0.15, -0.1) is 11.3 Å². The van der Waals surface area contributed by atoms with E-state index >= 15 is 0 Å². The van der Waals surface area contributed by atoms with E-state index in [1.807, 2.05) is 56.3 Å². The van der Waals surface area contributed by atoms with Crippen LogP contribution in [0.5, 0.6) is 5.75 Å². The molecule has 35 heavy (non-hydrogen) atoms. The summed E-state index contributed by atoms with van der Waals surface area (Å²) in [6.07, 6.45) is 5.16. The molecular formula is C25H25N7O2S. The molecule has 0 bridgehead atoms. The lowest BCUT2D eigenvalue weighted by Crippen LogP contribution is -2.47. The van der Waals surface area contributed by atoms with Gasteiger partial charge in [-0.3, -0.25) is 4.68 Å². The largest absolute Gasteiger partial charge is 0.487 e. The minimum Gasteiger partial charge on any atom is -0.487 e. The number of hydrogen-bond donors (Lipinski definition) is 2. The zero-order valence-corrected chi connectivity index (χ0v) is 20.2. The number of piperidine rings is 1. The van der Waals surface area contributed by atoms with Crippen LogP contribution in [-0.4, -0.2) is 67.1 Å². The molecule has 6 rings (SSSR count). The van der Waals surface area contributed by atoms with Crippen molar-refractivity contribution in [1.82, 2.24) is 29.6 Å². The second-order valence-corrected chi connectivity index (χ2v) is 9.81. The lowest BCUT2D eigenvalue weighted by Gasteiger charge is -2.34. The van der Waals surface area contributed by atoms with Crippen LogP contribution in [0.25, 0.3) is 32.2 Å². The summed E-state index contributed by atoms with van der Waals surface area (Å²) in [7, 11) is 3.90. The van der Waals surface area contributed by atoms with Gasteiger partial charge in [-0.05, 0) is 49.4 Å². The van der Waals surface area contributed by atoms with Gasteiger partial charge in [-0.2, -0.15) is 5.10 Å². The Bertz CT molecular complexity index is 1510. The summed E-state index contributed by atoms with van der Waals surface area (Å²) in [5, 5.41) is 19.3. The maximum absolute atomic E-state index is 10.7. The second-order valence-electron chi connectivity index (χ2n) is 8.93. The number of anilines is 2. The van der Waals surface area contributed by atoms with Crippen LogP contribution in [-0.2, 0) is 7.05 Å². The molecule has 3 aromatic heterocycles. The number of ether oxygens (including phenoxy) is 1. The zero-order valence-electron chi connectivity index (χ0n) is 19.4. The van der Waals surface area contributed by atoms with Gasteiger partial charge in [0, 0.05) is 37.6 Å². The molecule has 0 aliphatic carbocycles. The number of aliphatic hydroxyl groups excluding tert-OH is 1. The van der Waals surface area contributed by atoms with E-state index in [1.54, 1.807) is 22.3 Å². The van der Waals surface area contributed by atoms with Gasteiger partial charge in [0.2, 0.25) is 0 Å². The molecule has 2 atom stereocenters. The molecule has 1 saturated heterocycles. The number of aliphatic hydroxyl groups is 1. The minimum atomic E-state index is -0.583. The number of β-amino-alcohol motifs (C(OH)–C–C–N with tert-alkyl or cyclic N) is 1. The van der Waals surface area contributed by atoms with Gasteiger partial charge in [-0.25, -0.2) is 15.0 Å². The Morgan fingerprint density at radius 3 is 2.83 bits per heavy atom. The average molecular weight is 488 g/mol. The molecule has 2 aromatic carbocycles. The molecule has 0 spiro atoms. The van der Waals surface area contributed by atoms with Crippen molar-refractivity contribution in [3.63, 3.8) is 0 Å². The van der Waals surface area contributed by atoms with Gasteiger partial charge in [-0.1, -0.05) is 0 Å². The maximum Gasteiger partial charge on any atom is 0.145 e. The Balaban J connectivity index is 1.45. The van der Waals surface area contributed by atoms with Crippen LogP contribution in [0.4, 0.5) is 11.5 Å². The Kier molecular flexibility index (Phi) is 5.56. The molecule has 5 aromatic rings. The van der Waals surface area contributed by atoms with Crippen LogP contribution in [0.15, 0.2) is 54.6 Å². The van der Waals surface area contributed by atoms with Gasteiger partial charge in [0.25, 0.3) is 0 Å². The minimum absolute atomic E-state index is 0.319. The Labute approximate surface area is 206 Å². The van der Waals surface area contributed by atoms with E-state index in [1.165, 1.54) is 0 Å². The van der Waals surface area contributed by atoms with E-state index in [2.05, 4.69) is 36.3 Å². The molecule has 0 unspecified atom stereocenters. The highest BCUT2D eigenvalue weighted by molar-refractivity contribution is 7.16. The lowest BCUT2D eigenvalue weighted by molar-refractivity contribution is -0.0175. The predicted octanol–water partition coefficient (Wildman–Crippen LogP) is 3.83. The van der Waals surface area contributed by atoms with Crippen LogP contribution in [0.2, 0.25) is 0 Å². The highest BCUT2D eigenvalue weighted by atomic mass is 32.1. The van der Waals surface area contributed by atoms with Crippen molar-refractivity contribution in [2.24, 2.45) is 7.05 Å². The molecule has 9 nitrogen and oxygen atoms in total. The van der Waals surface area contributed by atoms with Crippen molar-refractivity contribution in [3.05, 3.63) is 54.6 Å². The van der Waals surface area contributed by atoms with E-state index in [4.69, 9.17) is 4.74 Å². The normalized spacial score (nSPS) is 18.8. The highest BCUT2D eigenvalue weighted by Crippen LogP contribution is 2.37. The van der Waals surface area contributed by atoms with E-state index in [-0.39, 0.29) is 6.10 Å². The number of nitrogens with zero attached hydrogens (tertiary/aromatic N) is 6. The number of thiazole rings is 1. The van der Waals surface area contributed by atoms with Gasteiger partial charge < -0.3 is 20.1 Å². The number of fused-ring (bicyclic) bond motifs is 2. The number of benzene rings is 2. The summed E-state index contributed by atoms with van der Waals surface area (Å²) in [4.78, 5) is 15.6. The van der Waals surface area contributed by atoms with E-state index in [9.17, 15) is 5.11 Å². The van der Waals surface area contributed by atoms with Crippen LogP contribution in [0.3, 0.4) is 0 Å². The third-order valence-electron chi connectivity index (χ3n) is 6.34. The van der Waals surface area contributed by atoms with E-state index in [0.29, 0.717) is 18.1 Å². The molecule has 0 saturated carbocycles. The van der Waals surface area contributed by atoms with Gasteiger partial charge in [0.1, 0.15) is 30.1 Å². The fourth-order valence-electron chi connectivity index (χ4n) is 4.52. The van der Waals surface area contributed by atoms with Crippen LogP contribution in [0.1, 0.15) is 6.42 Å². The Morgan fingerprint density at radius 1 is 1.09 bits per heavy atom. The van der Waals surface area contributed by atoms with E-state index in [0.717, 1.165) is 50.9 Å². The molecule has 1 aliphatic heterocycles. The standard InChI is InChI=1S/C25H25N7O2S/c1-31-6-5-21(20(33)12-31)34-22-8-15(16-10-29-32(2)11-16)7-19-24(22)25(27-13-26-19)30-17-3-4-18-23(9-17)35-14-28-18/h3-4,7-11,13-14,20-21,33H,5-6,12H2,1-2H3,(H,26,27,30)/t20-,21-/m0/s1. The topological polar surface area (TPSA) is 101 Å². The summed E-state index contributed by atoms with van der Waals surface area (Å²) in [6, 6.07) is 10.0. The van der Waals surface area contributed by atoms with Crippen molar-refractivity contribution < 1.29 is 9.84 Å². The van der Waals surface area contributed by atoms with Crippen molar-refractivity contribution in [1.29, 1.82) is 0 Å². The van der Waals surface area contributed by atoms with E-state index < -0.39 is 6.10 Å². The third-order valence-corrected chi connectivity index (χ3v) is 7.13. The first-order chi connectivity index (χ1) is 17.0. The van der Waals surface area contributed by atoms with Crippen LogP contribution in [0, 0.1) is 0 Å². The molecule has 178 valence electrons. The summed E-state index contributed by atoms with van der Waals surface area (Å²) < 4.78 is 9.37. The number of rotatable bonds is 5. The fourth-order valence-corrected chi connectivity index (χ4v) is 5.23. The summed E-state index contributed by atoms with van der Waals surface area (Å²) >= 11 is 1.60. The molecule has 1 fully saturated rings. The first kappa shape index (κ1) is 21.9. The fraction of sp³-hybridized carbons (Fsp3) is 0.280. The number of likely N-dealkylation sites (N-methyl/N-ethyl adjacent to an activating group) is 1. The third kappa shape index (κ3) is 4.31. The Hall–Kier alpha value is -3.60. The SMILES string of the molecule is CN1CC[C@H](Oc2cc(-c3cnn(C)c3)cc3ncnc(Nc4ccc5ncsc5c4)c23)[C@@H](O)C1. The highest BCUT2D eigenvalue weighted by Gasteiger charge is 2.29. The smallest absolute Gasteiger partial charge is 0.145 e. The maximum atomic E-state index is 10.7. The second kappa shape index (κ2) is 8.88. The molecule has 2 N–H and O–H groups in total. The summed E-state index contributed by atoms with van der Waals surface area (Å²) in [5.74, 6) is 1.28. The molecule has 10 heteroatoms. The number of likely N-dealkylation sites (tertiary alicyclic amines) is 1. The number of nitrogens with one attached hydrogen (secondary N) is 1. The first-order valence-electron chi connectivity index (χ1n) is 11.4. The average Bonchev–Trinajstić information content (AvgIpc) is 3.49. The summed E-state index contributed by atoms with van der Waals surface area (Å²) in [5.41, 5.74) is 6.37. The number of aromatic nitrogens is 5. The van der Waals surface area contributed by atoms with Crippen LogP contribution >= 0.6 is 11.3 Å². The van der Waals surface area contributed by atoms with Crippen molar-refractivity contribution in [2.45, 2.75) is 18.6 Å². The number of hydrogen-bond acceptors (Lipinski definition) is 9. The van der Waals surface area contributed by atoms with Gasteiger partial charge in [0.05, 0.1) is 32.8 Å². The van der Waals surface area contributed by atoms with Crippen molar-refractivity contribution in [2.75, 3.05) is 25.5 Å². The first-order valence-corrected chi connectivity index (χ1v) is 12.3. The van der Waals surface area contributed by atoms with Crippen molar-refractivity contribution >= 4 is 44.0 Å². The predicted molar refractivity (Wildman–Crippen MR) is 137 cm³/mol. The molecular weight excluding hydrogens is 462 g/mol. The molecule has 0 radical (unpaired) electrons. The van der Waals surface area contributed by atoms with Gasteiger partial charge >= 0.3 is 0 Å². The monoisotopic (exact) mass is 487 g/mol. The van der Waals surface area contributed by atoms with Crippen molar-refractivity contribution in [3.8, 4) is 16.9 Å². The molecule has 0 amide bonds. The zero-order chi connectivity index (χ0) is 23.9. The quantitative estimate of drug-likeness (QED) is 0.386. The molecule has 4 heterocycles. The summed E-state index contributed by atoms with van der Waals surface area (Å²) in [6.45, 7) is 1.43. The molecule has 1 aliphatic rings.